The topological polar surface area (TPSA) is 59.0 Å². The van der Waals surface area contributed by atoms with Gasteiger partial charge in [-0.25, -0.2) is 4.39 Å². The summed E-state index contributed by atoms with van der Waals surface area (Å²) in [6.07, 6.45) is 3.91. The molecule has 0 heterocycles. The van der Waals surface area contributed by atoms with Crippen molar-refractivity contribution >= 4 is 0 Å². The summed E-state index contributed by atoms with van der Waals surface area (Å²) in [6.45, 7) is 3.70. The van der Waals surface area contributed by atoms with Gasteiger partial charge in [-0.1, -0.05) is 12.7 Å². The van der Waals surface area contributed by atoms with Crippen molar-refractivity contribution in [2.75, 3.05) is 6.61 Å². The molecule has 1 rings (SSSR count). The lowest BCUT2D eigenvalue weighted by molar-refractivity contribution is 0.164. The van der Waals surface area contributed by atoms with E-state index in [1.165, 1.54) is 12.2 Å². The Morgan fingerprint density at radius 1 is 1.86 bits per heavy atom. The number of ether oxygens (including phenoxy) is 1. The van der Waals surface area contributed by atoms with Crippen molar-refractivity contribution in [3.05, 3.63) is 36.1 Å². The molecule has 4 heteroatoms. The predicted octanol–water partition coefficient (Wildman–Crippen LogP) is 1.55. The summed E-state index contributed by atoms with van der Waals surface area (Å²) in [5, 5.41) is 8.70. The molecule has 3 nitrogen and oxygen atoms in total. The minimum Gasteiger partial charge on any atom is -0.492 e. The molecular weight excluding hydrogens is 183 g/mol. The number of allylic oxidation sites excluding steroid dienone is 2. The van der Waals surface area contributed by atoms with E-state index in [4.69, 9.17) is 15.7 Å². The number of nitrogens with zero attached hydrogens (tertiary/aromatic N) is 1. The first-order valence-electron chi connectivity index (χ1n) is 4.13. The van der Waals surface area contributed by atoms with Crippen LogP contribution < -0.4 is 5.73 Å². The summed E-state index contributed by atoms with van der Waals surface area (Å²) < 4.78 is 18.4. The van der Waals surface area contributed by atoms with E-state index in [1.807, 2.05) is 6.07 Å². The van der Waals surface area contributed by atoms with Gasteiger partial charge >= 0.3 is 0 Å². The van der Waals surface area contributed by atoms with Crippen LogP contribution in [0, 0.1) is 11.3 Å². The Labute approximate surface area is 82.0 Å². The summed E-state index contributed by atoms with van der Waals surface area (Å²) in [7, 11) is 0. The van der Waals surface area contributed by atoms with Crippen molar-refractivity contribution in [3.63, 3.8) is 0 Å². The smallest absolute Gasteiger partial charge is 0.185 e. The molecule has 0 aromatic heterocycles. The van der Waals surface area contributed by atoms with E-state index in [0.717, 1.165) is 6.08 Å². The van der Waals surface area contributed by atoms with Crippen LogP contribution in [-0.4, -0.2) is 12.4 Å². The summed E-state index contributed by atoms with van der Waals surface area (Å²) in [5.74, 6) is -1.64. The fourth-order valence-corrected chi connectivity index (χ4v) is 1.10. The van der Waals surface area contributed by atoms with Crippen LogP contribution in [0.15, 0.2) is 36.1 Å². The van der Waals surface area contributed by atoms with Gasteiger partial charge < -0.3 is 4.74 Å². The van der Waals surface area contributed by atoms with Crippen LogP contribution in [0.2, 0.25) is 0 Å². The van der Waals surface area contributed by atoms with Gasteiger partial charge in [0.1, 0.15) is 18.4 Å². The summed E-state index contributed by atoms with van der Waals surface area (Å²) in [4.78, 5) is 0. The van der Waals surface area contributed by atoms with Gasteiger partial charge in [-0.15, -0.1) is 0 Å². The summed E-state index contributed by atoms with van der Waals surface area (Å²) >= 11 is 0. The van der Waals surface area contributed by atoms with Crippen molar-refractivity contribution in [3.8, 4) is 6.07 Å². The van der Waals surface area contributed by atoms with Crippen LogP contribution in [0.5, 0.6) is 0 Å². The molecule has 0 saturated heterocycles. The quantitative estimate of drug-likeness (QED) is 0.547. The maximum atomic E-state index is 13.3. The van der Waals surface area contributed by atoms with Crippen molar-refractivity contribution in [1.82, 2.24) is 0 Å². The van der Waals surface area contributed by atoms with Crippen LogP contribution in [-0.2, 0) is 4.74 Å². The second-order valence-corrected chi connectivity index (χ2v) is 2.99. The second-order valence-electron chi connectivity index (χ2n) is 2.99. The van der Waals surface area contributed by atoms with Crippen molar-refractivity contribution in [1.29, 1.82) is 5.26 Å². The van der Waals surface area contributed by atoms with Gasteiger partial charge in [0.15, 0.2) is 5.79 Å². The molecule has 0 radical (unpaired) electrons. The molecule has 0 aromatic rings. The second kappa shape index (κ2) is 4.07. The Bertz CT molecular complexity index is 337. The average Bonchev–Trinajstić information content (AvgIpc) is 2.14. The van der Waals surface area contributed by atoms with Crippen LogP contribution in [0.3, 0.4) is 0 Å². The molecule has 0 saturated carbocycles. The molecule has 1 unspecified atom stereocenters. The molecule has 1 aliphatic rings. The van der Waals surface area contributed by atoms with E-state index in [-0.39, 0.29) is 18.8 Å². The van der Waals surface area contributed by atoms with Gasteiger partial charge in [0.2, 0.25) is 0 Å². The predicted molar refractivity (Wildman–Crippen MR) is 50.6 cm³/mol. The first kappa shape index (κ1) is 10.5. The standard InChI is InChI=1S/C10H11FN2O/c1-2-5-14-9-6-10(11,13)4-3-8(9)7-12/h2-4H,1,5-6,13H2. The third kappa shape index (κ3) is 2.44. The fourth-order valence-electron chi connectivity index (χ4n) is 1.10. The lowest BCUT2D eigenvalue weighted by Crippen LogP contribution is -2.34. The number of hydrogen-bond donors (Lipinski definition) is 1. The Hall–Kier alpha value is -1.60. The number of nitriles is 1. The van der Waals surface area contributed by atoms with Crippen LogP contribution in [0.1, 0.15) is 6.42 Å². The maximum Gasteiger partial charge on any atom is 0.185 e. The molecule has 0 fully saturated rings. The van der Waals surface area contributed by atoms with Gasteiger partial charge in [0.05, 0.1) is 12.0 Å². The highest BCUT2D eigenvalue weighted by Gasteiger charge is 2.28. The first-order chi connectivity index (χ1) is 6.59. The molecular formula is C10H11FN2O. The molecule has 74 valence electrons. The van der Waals surface area contributed by atoms with Crippen molar-refractivity contribution < 1.29 is 9.13 Å². The molecule has 1 atom stereocenters. The average molecular weight is 194 g/mol. The van der Waals surface area contributed by atoms with Crippen LogP contribution in [0.4, 0.5) is 4.39 Å². The lowest BCUT2D eigenvalue weighted by atomic mass is 10.0. The van der Waals surface area contributed by atoms with Gasteiger partial charge in [-0.05, 0) is 12.2 Å². The highest BCUT2D eigenvalue weighted by Crippen LogP contribution is 2.26. The normalized spacial score (nSPS) is 25.8. The van der Waals surface area contributed by atoms with Crippen molar-refractivity contribution in [2.24, 2.45) is 5.73 Å². The highest BCUT2D eigenvalue weighted by molar-refractivity contribution is 5.40. The van der Waals surface area contributed by atoms with Gasteiger partial charge in [-0.2, -0.15) is 5.26 Å². The number of rotatable bonds is 3. The monoisotopic (exact) mass is 194 g/mol. The zero-order chi connectivity index (χ0) is 10.6. The molecule has 0 aromatic carbocycles. The molecule has 14 heavy (non-hydrogen) atoms. The number of halogens is 1. The van der Waals surface area contributed by atoms with E-state index in [0.29, 0.717) is 5.57 Å². The summed E-state index contributed by atoms with van der Waals surface area (Å²) in [6, 6.07) is 1.91. The highest BCUT2D eigenvalue weighted by atomic mass is 19.1. The minimum absolute atomic E-state index is 0.111. The Balaban J connectivity index is 2.84. The maximum absolute atomic E-state index is 13.3. The van der Waals surface area contributed by atoms with Crippen LogP contribution >= 0.6 is 0 Å². The van der Waals surface area contributed by atoms with Gasteiger partial charge in [0.25, 0.3) is 0 Å². The van der Waals surface area contributed by atoms with Crippen LogP contribution in [0.25, 0.3) is 0 Å². The van der Waals surface area contributed by atoms with E-state index < -0.39 is 5.79 Å². The number of hydrogen-bond acceptors (Lipinski definition) is 3. The van der Waals surface area contributed by atoms with E-state index in [1.54, 1.807) is 0 Å². The van der Waals surface area contributed by atoms with E-state index in [2.05, 4.69) is 6.58 Å². The SMILES string of the molecule is C=CCOC1=C(C#N)C=CC(N)(F)C1. The summed E-state index contributed by atoms with van der Waals surface area (Å²) in [5.41, 5.74) is 5.56. The van der Waals surface area contributed by atoms with Gasteiger partial charge in [0, 0.05) is 0 Å². The number of alkyl halides is 1. The Morgan fingerprint density at radius 2 is 2.57 bits per heavy atom. The minimum atomic E-state index is -1.92. The fraction of sp³-hybridized carbons (Fsp3) is 0.300. The lowest BCUT2D eigenvalue weighted by Gasteiger charge is -2.22. The van der Waals surface area contributed by atoms with E-state index >= 15 is 0 Å². The zero-order valence-corrected chi connectivity index (χ0v) is 7.66. The molecule has 0 amide bonds. The third-order valence-electron chi connectivity index (χ3n) is 1.75. The molecule has 1 aliphatic carbocycles. The van der Waals surface area contributed by atoms with E-state index in [9.17, 15) is 4.39 Å². The molecule has 2 N–H and O–H groups in total. The number of nitrogens with two attached hydrogens (primary N) is 1. The van der Waals surface area contributed by atoms with Gasteiger partial charge in [-0.3, -0.25) is 5.73 Å². The zero-order valence-electron chi connectivity index (χ0n) is 7.66. The first-order valence-corrected chi connectivity index (χ1v) is 4.13. The Morgan fingerprint density at radius 3 is 3.14 bits per heavy atom. The molecule has 0 bridgehead atoms. The largest absolute Gasteiger partial charge is 0.492 e. The molecule has 0 aliphatic heterocycles. The molecule has 0 spiro atoms. The third-order valence-corrected chi connectivity index (χ3v) is 1.75. The van der Waals surface area contributed by atoms with Crippen molar-refractivity contribution in [2.45, 2.75) is 12.2 Å². The Kier molecular flexibility index (Phi) is 3.05.